The van der Waals surface area contributed by atoms with Crippen LogP contribution in [0.25, 0.3) is 0 Å². The third-order valence-corrected chi connectivity index (χ3v) is 6.93. The highest BCUT2D eigenvalue weighted by molar-refractivity contribution is 6.30. The molecule has 0 spiro atoms. The highest BCUT2D eigenvalue weighted by Gasteiger charge is 2.41. The number of nitrogens with two attached hydrogens (primary N) is 1. The van der Waals surface area contributed by atoms with Crippen LogP contribution in [-0.4, -0.2) is 66.2 Å². The van der Waals surface area contributed by atoms with E-state index in [-0.39, 0.29) is 23.2 Å². The third-order valence-electron chi connectivity index (χ3n) is 6.68. The summed E-state index contributed by atoms with van der Waals surface area (Å²) in [5, 5.41) is 5.92. The minimum Gasteiger partial charge on any atom is -0.426 e. The maximum absolute atomic E-state index is 13.5. The SMILES string of the molecule is CC(C)C(NC(=O)NC(C)(C)OC(=O)OCOC(=O)C(C)(C)N)C(=O)N1CCC(c2ccc(Cl)cc2)C(C)(C)C1. The van der Waals surface area contributed by atoms with Crippen molar-refractivity contribution in [3.05, 3.63) is 34.9 Å². The van der Waals surface area contributed by atoms with Gasteiger partial charge in [-0.25, -0.2) is 14.4 Å². The number of hydrogen-bond acceptors (Lipinski definition) is 8. The maximum atomic E-state index is 13.5. The van der Waals surface area contributed by atoms with Gasteiger partial charge in [0.1, 0.15) is 11.6 Å². The predicted octanol–water partition coefficient (Wildman–Crippen LogP) is 4.13. The van der Waals surface area contributed by atoms with Gasteiger partial charge in [0, 0.05) is 18.1 Å². The number of hydrogen-bond donors (Lipinski definition) is 3. The molecule has 1 saturated heterocycles. The van der Waals surface area contributed by atoms with Gasteiger partial charge in [0.25, 0.3) is 0 Å². The molecule has 2 atom stereocenters. The Labute approximate surface area is 241 Å². The molecular weight excluding hydrogens is 540 g/mol. The summed E-state index contributed by atoms with van der Waals surface area (Å²) in [7, 11) is 0. The topological polar surface area (TPSA) is 149 Å². The molecule has 1 aromatic rings. The van der Waals surface area contributed by atoms with E-state index in [1.54, 1.807) is 4.90 Å². The molecule has 1 fully saturated rings. The summed E-state index contributed by atoms with van der Waals surface area (Å²) in [4.78, 5) is 51.8. The lowest BCUT2D eigenvalue weighted by Crippen LogP contribution is -2.59. The van der Waals surface area contributed by atoms with Crippen LogP contribution in [0.5, 0.6) is 0 Å². The summed E-state index contributed by atoms with van der Waals surface area (Å²) in [6.45, 7) is 14.1. The Morgan fingerprint density at radius 3 is 2.23 bits per heavy atom. The van der Waals surface area contributed by atoms with Gasteiger partial charge in [0.05, 0.1) is 0 Å². The molecule has 2 unspecified atom stereocenters. The number of amides is 3. The zero-order chi connectivity index (χ0) is 30.5. The number of likely N-dealkylation sites (tertiary alicyclic amines) is 1. The lowest BCUT2D eigenvalue weighted by atomic mass is 9.70. The van der Waals surface area contributed by atoms with Crippen LogP contribution < -0.4 is 16.4 Å². The highest BCUT2D eigenvalue weighted by atomic mass is 35.5. The van der Waals surface area contributed by atoms with E-state index in [1.807, 2.05) is 38.1 Å². The van der Waals surface area contributed by atoms with Gasteiger partial charge in [-0.2, -0.15) is 0 Å². The first-order valence-corrected chi connectivity index (χ1v) is 13.6. The summed E-state index contributed by atoms with van der Waals surface area (Å²) in [5.74, 6) is -0.897. The van der Waals surface area contributed by atoms with Crippen molar-refractivity contribution in [2.45, 2.75) is 85.0 Å². The molecule has 1 aromatic carbocycles. The quantitative estimate of drug-likeness (QED) is 0.290. The van der Waals surface area contributed by atoms with E-state index in [9.17, 15) is 19.2 Å². The van der Waals surface area contributed by atoms with Crippen molar-refractivity contribution in [3.63, 3.8) is 0 Å². The molecule has 1 heterocycles. The zero-order valence-corrected chi connectivity index (χ0v) is 25.4. The second-order valence-electron chi connectivity index (χ2n) is 12.2. The summed E-state index contributed by atoms with van der Waals surface area (Å²) < 4.78 is 14.6. The highest BCUT2D eigenvalue weighted by Crippen LogP contribution is 2.42. The fraction of sp³-hybridized carbons (Fsp3) is 0.643. The first-order valence-electron chi connectivity index (χ1n) is 13.3. The molecule has 0 aromatic heterocycles. The Kier molecular flexibility index (Phi) is 10.8. The number of nitrogens with one attached hydrogen (secondary N) is 2. The minimum absolute atomic E-state index is 0.185. The van der Waals surface area contributed by atoms with Crippen molar-refractivity contribution in [1.82, 2.24) is 15.5 Å². The first-order chi connectivity index (χ1) is 18.3. The number of ether oxygens (including phenoxy) is 3. The van der Waals surface area contributed by atoms with Gasteiger partial charge in [-0.05, 0) is 69.1 Å². The summed E-state index contributed by atoms with van der Waals surface area (Å²) in [5.41, 5.74) is 3.83. The molecule has 0 bridgehead atoms. The van der Waals surface area contributed by atoms with Crippen LogP contribution in [0.3, 0.4) is 0 Å². The van der Waals surface area contributed by atoms with Gasteiger partial charge < -0.3 is 35.5 Å². The zero-order valence-electron chi connectivity index (χ0n) is 24.6. The molecule has 1 aliphatic heterocycles. The van der Waals surface area contributed by atoms with Crippen LogP contribution in [0.4, 0.5) is 9.59 Å². The number of nitrogens with zero attached hydrogens (tertiary/aromatic N) is 1. The van der Waals surface area contributed by atoms with E-state index in [0.717, 1.165) is 6.42 Å². The Hall–Kier alpha value is -3.05. The molecule has 2 rings (SSSR count). The molecule has 224 valence electrons. The van der Waals surface area contributed by atoms with Gasteiger partial charge in [-0.3, -0.25) is 4.79 Å². The van der Waals surface area contributed by atoms with Gasteiger partial charge in [0.15, 0.2) is 5.72 Å². The second-order valence-corrected chi connectivity index (χ2v) is 12.7. The minimum atomic E-state index is -1.50. The van der Waals surface area contributed by atoms with E-state index in [0.29, 0.717) is 18.1 Å². The van der Waals surface area contributed by atoms with Crippen molar-refractivity contribution in [2.75, 3.05) is 19.9 Å². The fourth-order valence-electron chi connectivity index (χ4n) is 4.60. The predicted molar refractivity (Wildman–Crippen MR) is 150 cm³/mol. The van der Waals surface area contributed by atoms with Gasteiger partial charge in [-0.15, -0.1) is 0 Å². The maximum Gasteiger partial charge on any atom is 0.513 e. The molecule has 40 heavy (non-hydrogen) atoms. The van der Waals surface area contributed by atoms with Crippen LogP contribution in [0.2, 0.25) is 5.02 Å². The van der Waals surface area contributed by atoms with Crippen LogP contribution in [0, 0.1) is 11.3 Å². The monoisotopic (exact) mass is 582 g/mol. The van der Waals surface area contributed by atoms with E-state index in [4.69, 9.17) is 31.5 Å². The molecule has 4 N–H and O–H groups in total. The Morgan fingerprint density at radius 2 is 1.70 bits per heavy atom. The number of esters is 1. The van der Waals surface area contributed by atoms with Crippen LogP contribution in [0.15, 0.2) is 24.3 Å². The molecule has 0 aliphatic carbocycles. The molecule has 12 heteroatoms. The Bertz CT molecular complexity index is 1070. The number of halogens is 1. The molecule has 1 aliphatic rings. The van der Waals surface area contributed by atoms with Crippen LogP contribution >= 0.6 is 11.6 Å². The number of carbonyl (C=O) groups excluding carboxylic acids is 4. The van der Waals surface area contributed by atoms with Gasteiger partial charge in [-0.1, -0.05) is 51.4 Å². The number of piperidine rings is 1. The number of benzene rings is 1. The van der Waals surface area contributed by atoms with E-state index >= 15 is 0 Å². The van der Waals surface area contributed by atoms with Crippen molar-refractivity contribution >= 4 is 35.7 Å². The largest absolute Gasteiger partial charge is 0.513 e. The van der Waals surface area contributed by atoms with Gasteiger partial charge in [0.2, 0.25) is 12.7 Å². The third kappa shape index (κ3) is 9.55. The lowest BCUT2D eigenvalue weighted by Gasteiger charge is -2.45. The molecule has 0 saturated carbocycles. The summed E-state index contributed by atoms with van der Waals surface area (Å²) in [6.07, 6.45) is -0.395. The molecule has 0 radical (unpaired) electrons. The number of carbonyl (C=O) groups is 4. The molecule has 11 nitrogen and oxygen atoms in total. The number of rotatable bonds is 9. The lowest BCUT2D eigenvalue weighted by molar-refractivity contribution is -0.159. The smallest absolute Gasteiger partial charge is 0.426 e. The Morgan fingerprint density at radius 1 is 1.10 bits per heavy atom. The van der Waals surface area contributed by atoms with Crippen molar-refractivity contribution in [2.24, 2.45) is 17.1 Å². The van der Waals surface area contributed by atoms with E-state index < -0.39 is 42.3 Å². The normalized spacial score (nSPS) is 18.0. The van der Waals surface area contributed by atoms with Crippen molar-refractivity contribution < 1.29 is 33.4 Å². The van der Waals surface area contributed by atoms with Gasteiger partial charge >= 0.3 is 18.2 Å². The Balaban J connectivity index is 1.95. The van der Waals surface area contributed by atoms with Crippen molar-refractivity contribution in [3.8, 4) is 0 Å². The summed E-state index contributed by atoms with van der Waals surface area (Å²) in [6, 6.07) is 6.32. The van der Waals surface area contributed by atoms with E-state index in [2.05, 4.69) is 24.5 Å². The fourth-order valence-corrected chi connectivity index (χ4v) is 4.73. The van der Waals surface area contributed by atoms with Crippen LogP contribution in [-0.2, 0) is 23.8 Å². The molecular formula is C28H43ClN4O7. The summed E-state index contributed by atoms with van der Waals surface area (Å²) >= 11 is 6.06. The second kappa shape index (κ2) is 13.1. The van der Waals surface area contributed by atoms with Crippen molar-refractivity contribution in [1.29, 1.82) is 0 Å². The molecule has 3 amide bonds. The first kappa shape index (κ1) is 33.2. The average molecular weight is 583 g/mol. The standard InChI is InChI=1S/C28H43ClN4O7/c1-17(2)21(22(34)33-14-13-20(26(3,4)15-33)18-9-11-19(29)12-10-18)31-24(36)32-28(7,8)40-25(37)39-16-38-23(35)27(5,6)30/h9-12,17,20-21H,13-16,30H2,1-8H3,(H2,31,32,36). The number of urea groups is 1. The average Bonchev–Trinajstić information content (AvgIpc) is 2.80. The van der Waals surface area contributed by atoms with E-state index in [1.165, 1.54) is 33.3 Å². The van der Waals surface area contributed by atoms with Crippen LogP contribution in [0.1, 0.15) is 73.3 Å².